The molecule has 1 aromatic heterocycles. The number of fused-ring (bicyclic) bond motifs is 1. The van der Waals surface area contributed by atoms with Crippen LogP contribution in [0.2, 0.25) is 0 Å². The Kier molecular flexibility index (Phi) is 6.49. The Hall–Kier alpha value is -2.35. The van der Waals surface area contributed by atoms with Crippen LogP contribution in [0.25, 0.3) is 10.9 Å². The van der Waals surface area contributed by atoms with Gasteiger partial charge in [-0.3, -0.25) is 19.0 Å². The van der Waals surface area contributed by atoms with Gasteiger partial charge in [0.1, 0.15) is 0 Å². The molecule has 0 spiro atoms. The number of benzene rings is 1. The van der Waals surface area contributed by atoms with Gasteiger partial charge in [0.25, 0.3) is 5.56 Å². The number of likely N-dealkylation sites (tertiary alicyclic amines) is 1. The van der Waals surface area contributed by atoms with E-state index in [-0.39, 0.29) is 30.2 Å². The Morgan fingerprint density at radius 1 is 1.19 bits per heavy atom. The Balaban J connectivity index is 1.84. The van der Waals surface area contributed by atoms with Crippen molar-refractivity contribution in [1.82, 2.24) is 14.5 Å². The van der Waals surface area contributed by atoms with Crippen molar-refractivity contribution in [1.29, 1.82) is 0 Å². The molecule has 0 N–H and O–H groups in total. The summed E-state index contributed by atoms with van der Waals surface area (Å²) in [6.45, 7) is 1.75. The Bertz CT molecular complexity index is 890. The molecule has 0 unspecified atom stereocenters. The minimum atomic E-state index is -0.393. The Labute approximate surface area is 161 Å². The van der Waals surface area contributed by atoms with Crippen LogP contribution in [-0.4, -0.2) is 52.3 Å². The monoisotopic (exact) mass is 389 g/mol. The van der Waals surface area contributed by atoms with Crippen LogP contribution in [0.4, 0.5) is 0 Å². The van der Waals surface area contributed by atoms with E-state index >= 15 is 0 Å². The van der Waals surface area contributed by atoms with E-state index in [1.807, 2.05) is 11.0 Å². The summed E-state index contributed by atoms with van der Waals surface area (Å²) in [6.07, 6.45) is 3.31. The molecule has 1 amide bonds. The van der Waals surface area contributed by atoms with Crippen molar-refractivity contribution in [2.75, 3.05) is 26.0 Å². The van der Waals surface area contributed by atoms with Gasteiger partial charge in [-0.2, -0.15) is 0 Å². The fourth-order valence-corrected chi connectivity index (χ4v) is 4.05. The minimum Gasteiger partial charge on any atom is -0.469 e. The molecule has 0 aliphatic carbocycles. The van der Waals surface area contributed by atoms with Crippen LogP contribution in [0.5, 0.6) is 0 Å². The van der Waals surface area contributed by atoms with Crippen LogP contribution in [0, 0.1) is 0 Å². The molecular weight excluding hydrogens is 366 g/mol. The van der Waals surface area contributed by atoms with Crippen molar-refractivity contribution in [2.45, 2.75) is 37.4 Å². The van der Waals surface area contributed by atoms with Crippen molar-refractivity contribution < 1.29 is 14.3 Å². The fraction of sp³-hybridized carbons (Fsp3) is 0.474. The van der Waals surface area contributed by atoms with Gasteiger partial charge in [-0.05, 0) is 31.4 Å². The summed E-state index contributed by atoms with van der Waals surface area (Å²) in [6, 6.07) is 7.09. The molecule has 0 saturated carbocycles. The molecule has 1 saturated heterocycles. The normalized spacial score (nSPS) is 14.3. The summed E-state index contributed by atoms with van der Waals surface area (Å²) in [5.41, 5.74) is 0.377. The topological polar surface area (TPSA) is 81.5 Å². The first-order valence-corrected chi connectivity index (χ1v) is 10.1. The van der Waals surface area contributed by atoms with E-state index in [1.165, 1.54) is 23.4 Å². The van der Waals surface area contributed by atoms with Gasteiger partial charge in [0.15, 0.2) is 5.16 Å². The lowest BCUT2D eigenvalue weighted by Gasteiger charge is -2.26. The molecule has 1 aliphatic rings. The molecule has 2 aromatic rings. The van der Waals surface area contributed by atoms with E-state index < -0.39 is 5.97 Å². The number of esters is 1. The Morgan fingerprint density at radius 2 is 1.93 bits per heavy atom. The average molecular weight is 389 g/mol. The highest BCUT2D eigenvalue weighted by Gasteiger charge is 2.19. The number of aromatic nitrogens is 2. The van der Waals surface area contributed by atoms with Crippen LogP contribution < -0.4 is 5.56 Å². The number of carbonyl (C=O) groups is 2. The lowest BCUT2D eigenvalue weighted by Crippen LogP contribution is -2.37. The van der Waals surface area contributed by atoms with Gasteiger partial charge >= 0.3 is 5.97 Å². The molecular formula is C19H23N3O4S. The standard InChI is InChI=1S/C19H23N3O4S/c1-26-17(24)9-12-22-18(25)14-7-3-4-8-15(14)20-19(22)27-13-16(23)21-10-5-2-6-11-21/h3-4,7-8H,2,5-6,9-13H2,1H3. The van der Waals surface area contributed by atoms with Crippen molar-refractivity contribution in [3.05, 3.63) is 34.6 Å². The summed E-state index contributed by atoms with van der Waals surface area (Å²) in [5, 5.41) is 0.946. The third-order valence-corrected chi connectivity index (χ3v) is 5.59. The number of rotatable bonds is 6. The fourth-order valence-electron chi connectivity index (χ4n) is 3.12. The molecule has 0 atom stereocenters. The zero-order chi connectivity index (χ0) is 19.2. The van der Waals surface area contributed by atoms with Crippen molar-refractivity contribution in [3.63, 3.8) is 0 Å². The molecule has 27 heavy (non-hydrogen) atoms. The second-order valence-corrected chi connectivity index (χ2v) is 7.37. The second-order valence-electron chi connectivity index (χ2n) is 6.42. The smallest absolute Gasteiger partial charge is 0.307 e. The van der Waals surface area contributed by atoms with E-state index in [0.717, 1.165) is 32.4 Å². The maximum absolute atomic E-state index is 12.9. The van der Waals surface area contributed by atoms with Crippen molar-refractivity contribution >= 4 is 34.5 Å². The number of hydrogen-bond acceptors (Lipinski definition) is 6. The number of ether oxygens (including phenoxy) is 1. The first-order valence-electron chi connectivity index (χ1n) is 9.07. The van der Waals surface area contributed by atoms with Gasteiger partial charge in [-0.15, -0.1) is 0 Å². The summed E-state index contributed by atoms with van der Waals surface area (Å²) in [7, 11) is 1.32. The van der Waals surface area contributed by atoms with Gasteiger partial charge in [0, 0.05) is 19.6 Å². The van der Waals surface area contributed by atoms with E-state index in [0.29, 0.717) is 16.1 Å². The maximum Gasteiger partial charge on any atom is 0.307 e. The lowest BCUT2D eigenvalue weighted by molar-refractivity contribution is -0.140. The molecule has 144 valence electrons. The molecule has 3 rings (SSSR count). The van der Waals surface area contributed by atoms with Crippen LogP contribution >= 0.6 is 11.8 Å². The lowest BCUT2D eigenvalue weighted by atomic mass is 10.1. The molecule has 2 heterocycles. The Morgan fingerprint density at radius 3 is 2.67 bits per heavy atom. The van der Waals surface area contributed by atoms with Crippen LogP contribution in [0.15, 0.2) is 34.2 Å². The molecule has 8 heteroatoms. The predicted octanol–water partition coefficient (Wildman–Crippen LogP) is 2.06. The number of nitrogens with zero attached hydrogens (tertiary/aromatic N) is 3. The van der Waals surface area contributed by atoms with Crippen LogP contribution in [-0.2, 0) is 20.9 Å². The first kappa shape index (κ1) is 19.4. The van der Waals surface area contributed by atoms with Gasteiger partial charge in [0.05, 0.1) is 30.2 Å². The zero-order valence-electron chi connectivity index (χ0n) is 15.3. The quantitative estimate of drug-likeness (QED) is 0.427. The third-order valence-electron chi connectivity index (χ3n) is 4.63. The zero-order valence-corrected chi connectivity index (χ0v) is 16.2. The number of piperidine rings is 1. The molecule has 1 aliphatic heterocycles. The van der Waals surface area contributed by atoms with E-state index in [1.54, 1.807) is 18.2 Å². The van der Waals surface area contributed by atoms with E-state index in [9.17, 15) is 14.4 Å². The van der Waals surface area contributed by atoms with Crippen molar-refractivity contribution in [2.24, 2.45) is 0 Å². The first-order chi connectivity index (χ1) is 13.1. The number of amides is 1. The SMILES string of the molecule is COC(=O)CCn1c(SCC(=O)N2CCCCC2)nc2ccccc2c1=O. The van der Waals surface area contributed by atoms with E-state index in [4.69, 9.17) is 0 Å². The molecule has 7 nitrogen and oxygen atoms in total. The summed E-state index contributed by atoms with van der Waals surface area (Å²) in [5.74, 6) is -0.111. The van der Waals surface area contributed by atoms with E-state index in [2.05, 4.69) is 9.72 Å². The highest BCUT2D eigenvalue weighted by molar-refractivity contribution is 7.99. The average Bonchev–Trinajstić information content (AvgIpc) is 2.71. The molecule has 1 fully saturated rings. The van der Waals surface area contributed by atoms with Crippen LogP contribution in [0.3, 0.4) is 0 Å². The number of thioether (sulfide) groups is 1. The molecule has 0 radical (unpaired) electrons. The third kappa shape index (κ3) is 4.68. The van der Waals surface area contributed by atoms with Gasteiger partial charge in [-0.25, -0.2) is 4.98 Å². The summed E-state index contributed by atoms with van der Waals surface area (Å²) in [4.78, 5) is 43.3. The van der Waals surface area contributed by atoms with Crippen molar-refractivity contribution in [3.8, 4) is 0 Å². The molecule has 0 bridgehead atoms. The maximum atomic E-state index is 12.9. The van der Waals surface area contributed by atoms with Gasteiger partial charge in [-0.1, -0.05) is 23.9 Å². The summed E-state index contributed by atoms with van der Waals surface area (Å²) < 4.78 is 6.14. The minimum absolute atomic E-state index is 0.0571. The number of methoxy groups -OCH3 is 1. The predicted molar refractivity (Wildman–Crippen MR) is 104 cm³/mol. The van der Waals surface area contributed by atoms with Gasteiger partial charge in [0.2, 0.25) is 5.91 Å². The highest BCUT2D eigenvalue weighted by Crippen LogP contribution is 2.20. The van der Waals surface area contributed by atoms with Gasteiger partial charge < -0.3 is 9.64 Å². The number of carbonyl (C=O) groups excluding carboxylic acids is 2. The highest BCUT2D eigenvalue weighted by atomic mass is 32.2. The molecule has 1 aromatic carbocycles. The summed E-state index contributed by atoms with van der Waals surface area (Å²) >= 11 is 1.25. The number of hydrogen-bond donors (Lipinski definition) is 0. The largest absolute Gasteiger partial charge is 0.469 e. The number of para-hydroxylation sites is 1. The second kappa shape index (κ2) is 9.03. The van der Waals surface area contributed by atoms with Crippen LogP contribution in [0.1, 0.15) is 25.7 Å².